The van der Waals surface area contributed by atoms with Gasteiger partial charge in [0.25, 0.3) is 5.56 Å². The molecule has 116 valence electrons. The monoisotopic (exact) mass is 335 g/mol. The molecule has 1 aliphatic heterocycles. The number of rotatable bonds is 4. The number of nitrogens with one attached hydrogen (secondary N) is 1. The summed E-state index contributed by atoms with van der Waals surface area (Å²) in [7, 11) is 0. The number of hydrogen-bond donors (Lipinski definition) is 1. The van der Waals surface area contributed by atoms with Crippen LogP contribution in [-0.2, 0) is 6.54 Å². The fourth-order valence-electron chi connectivity index (χ4n) is 2.66. The van der Waals surface area contributed by atoms with Gasteiger partial charge in [0.05, 0.1) is 5.02 Å². The SMILES string of the molecule is O=c1[nH]ccnc1CN1CCC(/C=C/c2sccc2Cl)CC1. The number of thiophene rings is 1. The van der Waals surface area contributed by atoms with Gasteiger partial charge in [-0.05, 0) is 49.4 Å². The van der Waals surface area contributed by atoms with Gasteiger partial charge in [-0.25, -0.2) is 0 Å². The van der Waals surface area contributed by atoms with E-state index in [1.165, 1.54) is 0 Å². The Kier molecular flexibility index (Phi) is 5.08. The minimum absolute atomic E-state index is 0.0862. The predicted octanol–water partition coefficient (Wildman–Crippen LogP) is 3.41. The number of allylic oxidation sites excluding steroid dienone is 1. The number of H-pyrrole nitrogens is 1. The van der Waals surface area contributed by atoms with Crippen LogP contribution in [0.4, 0.5) is 0 Å². The van der Waals surface area contributed by atoms with Crippen molar-refractivity contribution in [2.45, 2.75) is 19.4 Å². The zero-order chi connectivity index (χ0) is 15.4. The van der Waals surface area contributed by atoms with Crippen LogP contribution in [-0.4, -0.2) is 28.0 Å². The van der Waals surface area contributed by atoms with E-state index in [4.69, 9.17) is 11.6 Å². The average Bonchev–Trinajstić information content (AvgIpc) is 2.94. The average molecular weight is 336 g/mol. The summed E-state index contributed by atoms with van der Waals surface area (Å²) in [6.45, 7) is 2.61. The number of hydrogen-bond acceptors (Lipinski definition) is 4. The van der Waals surface area contributed by atoms with Crippen LogP contribution in [0.2, 0.25) is 5.02 Å². The summed E-state index contributed by atoms with van der Waals surface area (Å²) < 4.78 is 0. The van der Waals surface area contributed by atoms with Gasteiger partial charge in [0.15, 0.2) is 0 Å². The van der Waals surface area contributed by atoms with E-state index in [0.717, 1.165) is 35.8 Å². The highest BCUT2D eigenvalue weighted by Crippen LogP contribution is 2.26. The summed E-state index contributed by atoms with van der Waals surface area (Å²) >= 11 is 7.76. The zero-order valence-electron chi connectivity index (χ0n) is 12.2. The Labute approximate surface area is 138 Å². The highest BCUT2D eigenvalue weighted by molar-refractivity contribution is 7.11. The van der Waals surface area contributed by atoms with E-state index in [1.807, 2.05) is 11.4 Å². The molecule has 0 aromatic carbocycles. The van der Waals surface area contributed by atoms with E-state index in [9.17, 15) is 4.79 Å². The van der Waals surface area contributed by atoms with Gasteiger partial charge in [-0.3, -0.25) is 14.7 Å². The fraction of sp³-hybridized carbons (Fsp3) is 0.375. The van der Waals surface area contributed by atoms with Gasteiger partial charge in [-0.15, -0.1) is 11.3 Å². The second-order valence-electron chi connectivity index (χ2n) is 5.47. The number of nitrogens with zero attached hydrogens (tertiary/aromatic N) is 2. The summed E-state index contributed by atoms with van der Waals surface area (Å²) in [5.74, 6) is 0.580. The van der Waals surface area contributed by atoms with Crippen LogP contribution >= 0.6 is 22.9 Å². The van der Waals surface area contributed by atoms with Gasteiger partial charge >= 0.3 is 0 Å². The Balaban J connectivity index is 1.52. The normalized spacial score (nSPS) is 17.3. The van der Waals surface area contributed by atoms with Crippen LogP contribution in [0.15, 0.2) is 34.7 Å². The van der Waals surface area contributed by atoms with Gasteiger partial charge in [-0.1, -0.05) is 17.7 Å². The molecule has 1 fully saturated rings. The minimum Gasteiger partial charge on any atom is -0.326 e. The van der Waals surface area contributed by atoms with Crippen LogP contribution in [0.5, 0.6) is 0 Å². The summed E-state index contributed by atoms with van der Waals surface area (Å²) in [4.78, 5) is 21.9. The molecule has 3 rings (SSSR count). The number of aromatic amines is 1. The third-order valence-corrected chi connectivity index (χ3v) is 5.28. The topological polar surface area (TPSA) is 49.0 Å². The van der Waals surface area contributed by atoms with Crippen molar-refractivity contribution >= 4 is 29.0 Å². The Morgan fingerprint density at radius 3 is 2.95 bits per heavy atom. The van der Waals surface area contributed by atoms with Crippen LogP contribution < -0.4 is 5.56 Å². The molecular weight excluding hydrogens is 318 g/mol. The molecule has 6 heteroatoms. The second-order valence-corrected chi connectivity index (χ2v) is 6.83. The molecule has 4 nitrogen and oxygen atoms in total. The van der Waals surface area contributed by atoms with Crippen LogP contribution in [0, 0.1) is 5.92 Å². The molecule has 0 atom stereocenters. The molecule has 0 aliphatic carbocycles. The van der Waals surface area contributed by atoms with E-state index in [2.05, 4.69) is 27.0 Å². The molecule has 3 heterocycles. The Bertz CT molecular complexity index is 701. The predicted molar refractivity (Wildman–Crippen MR) is 91.2 cm³/mol. The first-order chi connectivity index (χ1) is 10.7. The lowest BCUT2D eigenvalue weighted by atomic mass is 9.96. The van der Waals surface area contributed by atoms with Crippen molar-refractivity contribution in [1.29, 1.82) is 0 Å². The molecule has 2 aromatic heterocycles. The molecule has 0 spiro atoms. The molecule has 1 saturated heterocycles. The van der Waals surface area contributed by atoms with Crippen molar-refractivity contribution in [1.82, 2.24) is 14.9 Å². The van der Waals surface area contributed by atoms with E-state index < -0.39 is 0 Å². The number of piperidine rings is 1. The molecule has 0 radical (unpaired) electrons. The van der Waals surface area contributed by atoms with Crippen molar-refractivity contribution in [3.8, 4) is 0 Å². The van der Waals surface area contributed by atoms with Crippen LogP contribution in [0.3, 0.4) is 0 Å². The number of halogens is 1. The van der Waals surface area contributed by atoms with E-state index >= 15 is 0 Å². The molecule has 2 aromatic rings. The number of likely N-dealkylation sites (tertiary alicyclic amines) is 1. The Morgan fingerprint density at radius 2 is 2.27 bits per heavy atom. The van der Waals surface area contributed by atoms with Crippen molar-refractivity contribution < 1.29 is 0 Å². The van der Waals surface area contributed by atoms with Crippen LogP contribution in [0.25, 0.3) is 6.08 Å². The number of aromatic nitrogens is 2. The first kappa shape index (κ1) is 15.5. The molecule has 0 saturated carbocycles. The van der Waals surface area contributed by atoms with Crippen molar-refractivity contribution in [2.75, 3.05) is 13.1 Å². The lowest BCUT2D eigenvalue weighted by molar-refractivity contribution is 0.193. The van der Waals surface area contributed by atoms with Gasteiger partial charge in [-0.2, -0.15) is 0 Å². The van der Waals surface area contributed by atoms with Crippen molar-refractivity contribution in [2.24, 2.45) is 5.92 Å². The van der Waals surface area contributed by atoms with Crippen molar-refractivity contribution in [3.05, 3.63) is 55.9 Å². The maximum Gasteiger partial charge on any atom is 0.270 e. The maximum atomic E-state index is 11.7. The van der Waals surface area contributed by atoms with Crippen LogP contribution in [0.1, 0.15) is 23.4 Å². The molecular formula is C16H18ClN3OS. The Morgan fingerprint density at radius 1 is 1.45 bits per heavy atom. The lowest BCUT2D eigenvalue weighted by Gasteiger charge is -2.30. The molecule has 0 amide bonds. The largest absolute Gasteiger partial charge is 0.326 e. The summed E-state index contributed by atoms with van der Waals surface area (Å²) in [6, 6.07) is 1.93. The molecule has 0 bridgehead atoms. The quantitative estimate of drug-likeness (QED) is 0.931. The summed E-state index contributed by atoms with van der Waals surface area (Å²) in [5, 5.41) is 2.84. The van der Waals surface area contributed by atoms with E-state index in [-0.39, 0.29) is 5.56 Å². The first-order valence-electron chi connectivity index (χ1n) is 7.38. The highest BCUT2D eigenvalue weighted by atomic mass is 35.5. The highest BCUT2D eigenvalue weighted by Gasteiger charge is 2.18. The minimum atomic E-state index is -0.0862. The smallest absolute Gasteiger partial charge is 0.270 e. The van der Waals surface area contributed by atoms with Crippen molar-refractivity contribution in [3.63, 3.8) is 0 Å². The molecule has 0 unspecified atom stereocenters. The maximum absolute atomic E-state index is 11.7. The molecule has 1 N–H and O–H groups in total. The molecule has 1 aliphatic rings. The second kappa shape index (κ2) is 7.22. The van der Waals surface area contributed by atoms with E-state index in [1.54, 1.807) is 23.7 Å². The summed E-state index contributed by atoms with van der Waals surface area (Å²) in [6.07, 6.45) is 9.81. The standard InChI is InChI=1S/C16H18ClN3OS/c17-13-5-10-22-15(13)2-1-12-3-8-20(9-4-12)11-14-16(21)19-7-6-18-14/h1-2,5-7,10,12H,3-4,8-9,11H2,(H,19,21)/b2-1+. The third kappa shape index (κ3) is 3.85. The fourth-order valence-corrected chi connectivity index (χ4v) is 3.68. The first-order valence-corrected chi connectivity index (χ1v) is 8.64. The Hall–Kier alpha value is -1.43. The van der Waals surface area contributed by atoms with Gasteiger partial charge in [0.1, 0.15) is 5.69 Å². The molecule has 22 heavy (non-hydrogen) atoms. The third-order valence-electron chi connectivity index (χ3n) is 3.95. The zero-order valence-corrected chi connectivity index (χ0v) is 13.7. The van der Waals surface area contributed by atoms with Gasteiger partial charge in [0, 0.05) is 23.8 Å². The van der Waals surface area contributed by atoms with Gasteiger partial charge < -0.3 is 4.98 Å². The van der Waals surface area contributed by atoms with E-state index in [0.29, 0.717) is 18.2 Å². The van der Waals surface area contributed by atoms with Gasteiger partial charge in [0.2, 0.25) is 0 Å². The summed E-state index contributed by atoms with van der Waals surface area (Å²) in [5.41, 5.74) is 0.513. The lowest BCUT2D eigenvalue weighted by Crippen LogP contribution is -2.34.